The highest BCUT2D eigenvalue weighted by molar-refractivity contribution is 4.98. The van der Waals surface area contributed by atoms with Crippen LogP contribution in [0.25, 0.3) is 0 Å². The lowest BCUT2D eigenvalue weighted by molar-refractivity contribution is -0.0998. The first-order chi connectivity index (χ1) is 7.73. The molecule has 16 heavy (non-hydrogen) atoms. The molecule has 5 heteroatoms. The van der Waals surface area contributed by atoms with Crippen molar-refractivity contribution in [2.45, 2.75) is 43.8 Å². The first kappa shape index (κ1) is 12.2. The third kappa shape index (κ3) is 2.70. The molecule has 1 spiro atoms. The summed E-state index contributed by atoms with van der Waals surface area (Å²) in [6.07, 6.45) is -0.0527. The lowest BCUT2D eigenvalue weighted by Gasteiger charge is -2.41. The zero-order valence-corrected chi connectivity index (χ0v) is 9.38. The van der Waals surface area contributed by atoms with E-state index in [2.05, 4.69) is 5.32 Å². The van der Waals surface area contributed by atoms with Gasteiger partial charge in [-0.15, -0.1) is 0 Å². The van der Waals surface area contributed by atoms with Crippen molar-refractivity contribution in [2.24, 2.45) is 0 Å². The minimum Gasteiger partial charge on any atom is -0.378 e. The molecule has 2 saturated heterocycles. The summed E-state index contributed by atoms with van der Waals surface area (Å²) in [6.45, 7) is 2.81. The van der Waals surface area contributed by atoms with Crippen molar-refractivity contribution < 1.29 is 18.3 Å². The Morgan fingerprint density at radius 1 is 1.38 bits per heavy atom. The standard InChI is InChI=1S/C11H19F2NO2/c12-10(13)3-1-2-9-11(4-6-15-8-11)16-7-5-14-9/h9-10,14H,1-8H2. The van der Waals surface area contributed by atoms with Gasteiger partial charge in [0.1, 0.15) is 5.60 Å². The molecule has 0 bridgehead atoms. The molecule has 2 unspecified atom stereocenters. The molecule has 0 aromatic heterocycles. The Kier molecular flexibility index (Phi) is 4.10. The van der Waals surface area contributed by atoms with Gasteiger partial charge in [-0.3, -0.25) is 0 Å². The van der Waals surface area contributed by atoms with E-state index in [1.54, 1.807) is 0 Å². The van der Waals surface area contributed by atoms with Crippen molar-refractivity contribution in [1.29, 1.82) is 0 Å². The molecule has 2 atom stereocenters. The van der Waals surface area contributed by atoms with E-state index in [1.807, 2.05) is 0 Å². The van der Waals surface area contributed by atoms with Crippen LogP contribution >= 0.6 is 0 Å². The largest absolute Gasteiger partial charge is 0.378 e. The maximum Gasteiger partial charge on any atom is 0.238 e. The van der Waals surface area contributed by atoms with Crippen LogP contribution < -0.4 is 5.32 Å². The van der Waals surface area contributed by atoms with Crippen molar-refractivity contribution in [3.8, 4) is 0 Å². The molecule has 94 valence electrons. The quantitative estimate of drug-likeness (QED) is 0.802. The Morgan fingerprint density at radius 3 is 2.94 bits per heavy atom. The predicted molar refractivity (Wildman–Crippen MR) is 55.8 cm³/mol. The second kappa shape index (κ2) is 5.38. The van der Waals surface area contributed by atoms with Crippen LogP contribution in [0.5, 0.6) is 0 Å². The van der Waals surface area contributed by atoms with E-state index in [1.165, 1.54) is 0 Å². The molecule has 0 amide bonds. The highest BCUT2D eigenvalue weighted by Gasteiger charge is 2.44. The molecule has 2 fully saturated rings. The van der Waals surface area contributed by atoms with Crippen LogP contribution in [0, 0.1) is 0 Å². The number of ether oxygens (including phenoxy) is 2. The van der Waals surface area contributed by atoms with Gasteiger partial charge < -0.3 is 14.8 Å². The number of halogens is 2. The fourth-order valence-corrected chi connectivity index (χ4v) is 2.57. The second-order valence-corrected chi connectivity index (χ2v) is 4.54. The predicted octanol–water partition coefficient (Wildman–Crippen LogP) is 1.57. The molecule has 0 aliphatic carbocycles. The van der Waals surface area contributed by atoms with Gasteiger partial charge in [-0.25, -0.2) is 8.78 Å². The number of nitrogens with one attached hydrogen (secondary N) is 1. The Morgan fingerprint density at radius 2 is 2.25 bits per heavy atom. The van der Waals surface area contributed by atoms with Gasteiger partial charge in [0.25, 0.3) is 0 Å². The topological polar surface area (TPSA) is 30.5 Å². The summed E-state index contributed by atoms with van der Waals surface area (Å²) >= 11 is 0. The first-order valence-electron chi connectivity index (χ1n) is 5.96. The molecule has 0 aromatic carbocycles. The SMILES string of the molecule is FC(F)CCCC1NCCOC12CCOC2. The van der Waals surface area contributed by atoms with Gasteiger partial charge in [0.2, 0.25) is 6.43 Å². The highest BCUT2D eigenvalue weighted by Crippen LogP contribution is 2.31. The van der Waals surface area contributed by atoms with Gasteiger partial charge in [0, 0.05) is 32.0 Å². The van der Waals surface area contributed by atoms with Gasteiger partial charge in [0.05, 0.1) is 13.2 Å². The van der Waals surface area contributed by atoms with E-state index in [0.29, 0.717) is 26.2 Å². The number of hydrogen-bond acceptors (Lipinski definition) is 3. The van der Waals surface area contributed by atoms with Gasteiger partial charge >= 0.3 is 0 Å². The number of alkyl halides is 2. The average molecular weight is 235 g/mol. The van der Waals surface area contributed by atoms with Crippen molar-refractivity contribution in [1.82, 2.24) is 5.32 Å². The average Bonchev–Trinajstić information content (AvgIpc) is 2.70. The zero-order chi connectivity index (χ0) is 11.4. The van der Waals surface area contributed by atoms with Gasteiger partial charge in [-0.05, 0) is 12.8 Å². The first-order valence-corrected chi connectivity index (χ1v) is 5.96. The number of rotatable bonds is 4. The molecule has 1 N–H and O–H groups in total. The van der Waals surface area contributed by atoms with Crippen molar-refractivity contribution >= 4 is 0 Å². The van der Waals surface area contributed by atoms with Crippen LogP contribution in [0.15, 0.2) is 0 Å². The lowest BCUT2D eigenvalue weighted by atomic mass is 9.88. The summed E-state index contributed by atoms with van der Waals surface area (Å²) in [7, 11) is 0. The van der Waals surface area contributed by atoms with Crippen LogP contribution in [0.4, 0.5) is 8.78 Å². The summed E-state index contributed by atoms with van der Waals surface area (Å²) in [5.41, 5.74) is -0.250. The summed E-state index contributed by atoms with van der Waals surface area (Å²) in [5, 5.41) is 3.38. The summed E-state index contributed by atoms with van der Waals surface area (Å²) < 4.78 is 35.4. The smallest absolute Gasteiger partial charge is 0.238 e. The molecular formula is C11H19F2NO2. The van der Waals surface area contributed by atoms with Crippen molar-refractivity contribution in [3.05, 3.63) is 0 Å². The van der Waals surface area contributed by atoms with E-state index in [-0.39, 0.29) is 18.1 Å². The normalized spacial score (nSPS) is 35.1. The Balaban J connectivity index is 1.84. The molecule has 0 saturated carbocycles. The molecule has 2 heterocycles. The minimum absolute atomic E-state index is 0.0187. The maximum absolute atomic E-state index is 12.1. The van der Waals surface area contributed by atoms with Crippen LogP contribution in [-0.4, -0.2) is 44.4 Å². The second-order valence-electron chi connectivity index (χ2n) is 4.54. The third-order valence-corrected chi connectivity index (χ3v) is 3.45. The van der Waals surface area contributed by atoms with E-state index >= 15 is 0 Å². The molecule has 2 rings (SSSR count). The Labute approximate surface area is 94.5 Å². The van der Waals surface area contributed by atoms with Crippen molar-refractivity contribution in [2.75, 3.05) is 26.4 Å². The molecular weight excluding hydrogens is 216 g/mol. The molecule has 0 radical (unpaired) electrons. The Hall–Kier alpha value is -0.260. The molecule has 2 aliphatic heterocycles. The van der Waals surface area contributed by atoms with Gasteiger partial charge in [-0.1, -0.05) is 0 Å². The van der Waals surface area contributed by atoms with Crippen molar-refractivity contribution in [3.63, 3.8) is 0 Å². The fraction of sp³-hybridized carbons (Fsp3) is 1.00. The zero-order valence-electron chi connectivity index (χ0n) is 9.38. The van der Waals surface area contributed by atoms with Crippen LogP contribution in [0.3, 0.4) is 0 Å². The summed E-state index contributed by atoms with van der Waals surface area (Å²) in [6, 6.07) is 0.169. The van der Waals surface area contributed by atoms with Crippen LogP contribution in [0.2, 0.25) is 0 Å². The highest BCUT2D eigenvalue weighted by atomic mass is 19.3. The molecule has 3 nitrogen and oxygen atoms in total. The number of morpholine rings is 1. The monoisotopic (exact) mass is 235 g/mol. The fourth-order valence-electron chi connectivity index (χ4n) is 2.57. The summed E-state index contributed by atoms with van der Waals surface area (Å²) in [5.74, 6) is 0. The lowest BCUT2D eigenvalue weighted by Crippen LogP contribution is -2.58. The van der Waals surface area contributed by atoms with E-state index in [0.717, 1.165) is 19.4 Å². The maximum atomic E-state index is 12.1. The van der Waals surface area contributed by atoms with E-state index < -0.39 is 6.43 Å². The molecule has 0 aromatic rings. The molecule has 2 aliphatic rings. The van der Waals surface area contributed by atoms with E-state index in [4.69, 9.17) is 9.47 Å². The number of hydrogen-bond donors (Lipinski definition) is 1. The summed E-state index contributed by atoms with van der Waals surface area (Å²) in [4.78, 5) is 0. The van der Waals surface area contributed by atoms with E-state index in [9.17, 15) is 8.78 Å². The van der Waals surface area contributed by atoms with Crippen LogP contribution in [-0.2, 0) is 9.47 Å². The van der Waals surface area contributed by atoms with Gasteiger partial charge in [0.15, 0.2) is 0 Å². The Bertz CT molecular complexity index is 220. The third-order valence-electron chi connectivity index (χ3n) is 3.45. The van der Waals surface area contributed by atoms with Crippen LogP contribution in [0.1, 0.15) is 25.7 Å². The van der Waals surface area contributed by atoms with Gasteiger partial charge in [-0.2, -0.15) is 0 Å². The minimum atomic E-state index is -2.19.